The zero-order valence-electron chi connectivity index (χ0n) is 8.71. The minimum atomic E-state index is -3.04. The van der Waals surface area contributed by atoms with E-state index in [0.717, 1.165) is 0 Å². The highest BCUT2D eigenvalue weighted by atomic mass is 32.3. The molecular formula is C8H16O6S. The van der Waals surface area contributed by atoms with Crippen LogP contribution in [0.4, 0.5) is 4.79 Å². The van der Waals surface area contributed by atoms with Gasteiger partial charge < -0.3 is 18.6 Å². The largest absolute Gasteiger partial charge is 0.508 e. The maximum atomic E-state index is 11.1. The van der Waals surface area contributed by atoms with Gasteiger partial charge >= 0.3 is 6.16 Å². The second-order valence-corrected chi connectivity index (χ2v) is 5.07. The molecule has 2 unspecified atom stereocenters. The molecule has 6 nitrogen and oxygen atoms in total. The summed E-state index contributed by atoms with van der Waals surface area (Å²) in [5, 5.41) is 0. The second-order valence-electron chi connectivity index (χ2n) is 3.33. The van der Waals surface area contributed by atoms with Crippen LogP contribution in [0.2, 0.25) is 0 Å². The minimum Gasteiger partial charge on any atom is -0.434 e. The maximum absolute atomic E-state index is 11.1. The average Bonchev–Trinajstić information content (AvgIpc) is 2.36. The van der Waals surface area contributed by atoms with Crippen molar-refractivity contribution in [2.45, 2.75) is 32.5 Å². The van der Waals surface area contributed by atoms with Crippen LogP contribution in [0.15, 0.2) is 0 Å². The van der Waals surface area contributed by atoms with Gasteiger partial charge in [0.1, 0.15) is 12.2 Å². The Kier molecular flexibility index (Phi) is 4.21. The van der Waals surface area contributed by atoms with Crippen LogP contribution >= 0.6 is 10.9 Å². The SMILES string of the molecule is CCCOC(=O)OC1CS(O)(O)OC1C. The van der Waals surface area contributed by atoms with E-state index in [0.29, 0.717) is 6.42 Å². The molecule has 0 saturated carbocycles. The van der Waals surface area contributed by atoms with Crippen LogP contribution in [-0.4, -0.2) is 39.8 Å². The van der Waals surface area contributed by atoms with Gasteiger partial charge in [-0.05, 0) is 13.3 Å². The van der Waals surface area contributed by atoms with E-state index in [1.807, 2.05) is 6.92 Å². The van der Waals surface area contributed by atoms with E-state index < -0.39 is 29.2 Å². The van der Waals surface area contributed by atoms with Crippen molar-refractivity contribution in [3.63, 3.8) is 0 Å². The Balaban J connectivity index is 2.36. The molecule has 2 N–H and O–H groups in total. The van der Waals surface area contributed by atoms with Crippen molar-refractivity contribution in [2.75, 3.05) is 12.4 Å². The van der Waals surface area contributed by atoms with Gasteiger partial charge in [0.2, 0.25) is 0 Å². The van der Waals surface area contributed by atoms with Gasteiger partial charge in [-0.3, -0.25) is 4.18 Å². The average molecular weight is 240 g/mol. The Hall–Kier alpha value is -0.500. The molecule has 15 heavy (non-hydrogen) atoms. The molecule has 1 aliphatic heterocycles. The summed E-state index contributed by atoms with van der Waals surface area (Å²) in [5.74, 6) is -0.0879. The highest BCUT2D eigenvalue weighted by Crippen LogP contribution is 2.49. The third kappa shape index (κ3) is 3.86. The van der Waals surface area contributed by atoms with Crippen LogP contribution in [-0.2, 0) is 13.7 Å². The van der Waals surface area contributed by atoms with Crippen LogP contribution in [0.3, 0.4) is 0 Å². The van der Waals surface area contributed by atoms with Gasteiger partial charge in [-0.15, -0.1) is 0 Å². The van der Waals surface area contributed by atoms with Crippen molar-refractivity contribution in [3.05, 3.63) is 0 Å². The summed E-state index contributed by atoms with van der Waals surface area (Å²) >= 11 is 0. The third-order valence-electron chi connectivity index (χ3n) is 1.88. The van der Waals surface area contributed by atoms with Crippen LogP contribution in [0, 0.1) is 0 Å². The molecule has 0 aromatic carbocycles. The normalized spacial score (nSPS) is 30.9. The summed E-state index contributed by atoms with van der Waals surface area (Å²) < 4.78 is 32.8. The summed E-state index contributed by atoms with van der Waals surface area (Å²) in [7, 11) is -3.04. The minimum absolute atomic E-state index is 0.0879. The fraction of sp³-hybridized carbons (Fsp3) is 0.875. The Morgan fingerprint density at radius 2 is 2.27 bits per heavy atom. The number of carbonyl (C=O) groups excluding carboxylic acids is 1. The Labute approximate surface area is 90.1 Å². The standard InChI is InChI=1S/C8H16O6S/c1-3-4-12-8(9)13-7-5-15(10,11)14-6(7)2/h6-7,10-11H,3-5H2,1-2H3. The summed E-state index contributed by atoms with van der Waals surface area (Å²) in [5.41, 5.74) is 0. The van der Waals surface area contributed by atoms with E-state index in [9.17, 15) is 13.9 Å². The van der Waals surface area contributed by atoms with Gasteiger partial charge in [0, 0.05) is 0 Å². The van der Waals surface area contributed by atoms with E-state index in [1.165, 1.54) is 0 Å². The summed E-state index contributed by atoms with van der Waals surface area (Å²) in [6.07, 6.45) is -1.26. The van der Waals surface area contributed by atoms with Gasteiger partial charge in [0.15, 0.2) is 0 Å². The van der Waals surface area contributed by atoms with Crippen molar-refractivity contribution in [3.8, 4) is 0 Å². The molecule has 90 valence electrons. The predicted molar refractivity (Wildman–Crippen MR) is 54.8 cm³/mol. The van der Waals surface area contributed by atoms with E-state index in [-0.39, 0.29) is 12.4 Å². The van der Waals surface area contributed by atoms with Crippen LogP contribution in [0.5, 0.6) is 0 Å². The number of ether oxygens (including phenoxy) is 2. The van der Waals surface area contributed by atoms with Crippen molar-refractivity contribution in [2.24, 2.45) is 0 Å². The van der Waals surface area contributed by atoms with Crippen LogP contribution < -0.4 is 0 Å². The summed E-state index contributed by atoms with van der Waals surface area (Å²) in [6.45, 7) is 3.77. The van der Waals surface area contributed by atoms with Crippen molar-refractivity contribution < 1.29 is 27.6 Å². The van der Waals surface area contributed by atoms with Gasteiger partial charge in [0.05, 0.1) is 23.2 Å². The lowest BCUT2D eigenvalue weighted by Gasteiger charge is -2.17. The van der Waals surface area contributed by atoms with E-state index in [1.54, 1.807) is 6.92 Å². The Bertz CT molecular complexity index is 231. The lowest BCUT2D eigenvalue weighted by Crippen LogP contribution is -2.27. The molecule has 1 rings (SSSR count). The van der Waals surface area contributed by atoms with E-state index in [2.05, 4.69) is 0 Å². The highest BCUT2D eigenvalue weighted by molar-refractivity contribution is 8.20. The monoisotopic (exact) mass is 240 g/mol. The summed E-state index contributed by atoms with van der Waals surface area (Å²) in [6, 6.07) is 0. The van der Waals surface area contributed by atoms with Gasteiger partial charge in [0.25, 0.3) is 0 Å². The number of carbonyl (C=O) groups is 1. The molecule has 0 aliphatic carbocycles. The topological polar surface area (TPSA) is 85.2 Å². The van der Waals surface area contributed by atoms with E-state index in [4.69, 9.17) is 13.7 Å². The quantitative estimate of drug-likeness (QED) is 0.734. The molecule has 0 aromatic rings. The fourth-order valence-electron chi connectivity index (χ4n) is 1.17. The molecule has 1 heterocycles. The van der Waals surface area contributed by atoms with Gasteiger partial charge in [-0.1, -0.05) is 6.92 Å². The fourth-order valence-corrected chi connectivity index (χ4v) is 2.62. The molecule has 1 aliphatic rings. The van der Waals surface area contributed by atoms with Crippen molar-refractivity contribution >= 4 is 17.0 Å². The molecule has 0 aromatic heterocycles. The van der Waals surface area contributed by atoms with Crippen molar-refractivity contribution in [1.29, 1.82) is 0 Å². The third-order valence-corrected chi connectivity index (χ3v) is 3.26. The molecule has 0 spiro atoms. The predicted octanol–water partition coefficient (Wildman–Crippen LogP) is 2.00. The molecule has 7 heteroatoms. The number of hydrogen-bond acceptors (Lipinski definition) is 6. The summed E-state index contributed by atoms with van der Waals surface area (Å²) in [4.78, 5) is 11.1. The molecule has 2 atom stereocenters. The maximum Gasteiger partial charge on any atom is 0.508 e. The molecule has 1 saturated heterocycles. The highest BCUT2D eigenvalue weighted by Gasteiger charge is 2.41. The first-order chi connectivity index (χ1) is 6.94. The Morgan fingerprint density at radius 1 is 1.60 bits per heavy atom. The lowest BCUT2D eigenvalue weighted by atomic mass is 10.3. The molecule has 0 amide bonds. The smallest absolute Gasteiger partial charge is 0.434 e. The first-order valence-electron chi connectivity index (χ1n) is 4.72. The molecular weight excluding hydrogens is 224 g/mol. The van der Waals surface area contributed by atoms with Crippen LogP contribution in [0.25, 0.3) is 0 Å². The Morgan fingerprint density at radius 3 is 2.73 bits per heavy atom. The van der Waals surface area contributed by atoms with Gasteiger partial charge in [-0.25, -0.2) is 4.79 Å². The number of rotatable bonds is 3. The second kappa shape index (κ2) is 5.02. The molecule has 0 radical (unpaired) electrons. The zero-order chi connectivity index (χ0) is 11.5. The zero-order valence-corrected chi connectivity index (χ0v) is 9.53. The first kappa shape index (κ1) is 12.6. The number of hydrogen-bond donors (Lipinski definition) is 2. The first-order valence-corrected chi connectivity index (χ1v) is 6.36. The van der Waals surface area contributed by atoms with E-state index >= 15 is 0 Å². The lowest BCUT2D eigenvalue weighted by molar-refractivity contribution is 0.00457. The van der Waals surface area contributed by atoms with Gasteiger partial charge in [-0.2, -0.15) is 0 Å². The molecule has 1 fully saturated rings. The van der Waals surface area contributed by atoms with Crippen LogP contribution in [0.1, 0.15) is 20.3 Å². The molecule has 0 bridgehead atoms. The van der Waals surface area contributed by atoms with Crippen molar-refractivity contribution in [1.82, 2.24) is 0 Å².